The van der Waals surface area contributed by atoms with E-state index in [1.165, 1.54) is 11.2 Å². The second-order valence-corrected chi connectivity index (χ2v) is 10.6. The number of tetrazole rings is 1. The van der Waals surface area contributed by atoms with Crippen molar-refractivity contribution in [3.05, 3.63) is 41.9 Å². The van der Waals surface area contributed by atoms with Crippen molar-refractivity contribution in [1.29, 1.82) is 0 Å². The van der Waals surface area contributed by atoms with Crippen LogP contribution >= 0.6 is 0 Å². The van der Waals surface area contributed by atoms with E-state index in [2.05, 4.69) is 20.7 Å². The Morgan fingerprint density at radius 2 is 1.88 bits per heavy atom. The number of ether oxygens (including phenoxy) is 3. The van der Waals surface area contributed by atoms with Gasteiger partial charge >= 0.3 is 0 Å². The third-order valence-electron chi connectivity index (χ3n) is 7.66. The lowest BCUT2D eigenvalue weighted by Gasteiger charge is -2.33. The second-order valence-electron chi connectivity index (χ2n) is 10.6. The number of hydrogen-bond donors (Lipinski definition) is 1. The molecular weight excluding hydrogens is 528 g/mol. The molecule has 5 rings (SSSR count). The first kappa shape index (κ1) is 28.6. The van der Waals surface area contributed by atoms with Crippen LogP contribution in [0.15, 0.2) is 34.7 Å². The Kier molecular flexibility index (Phi) is 9.17. The molecule has 0 radical (unpaired) electrons. The molecule has 1 aromatic carbocycles. The zero-order valence-electron chi connectivity index (χ0n) is 23.9. The number of nitrogens with one attached hydrogen (secondary N) is 1. The lowest BCUT2D eigenvalue weighted by atomic mass is 9.95. The topological polar surface area (TPSA) is 134 Å². The molecule has 41 heavy (non-hydrogen) atoms. The molecule has 2 atom stereocenters. The van der Waals surface area contributed by atoms with E-state index in [-0.39, 0.29) is 37.0 Å². The van der Waals surface area contributed by atoms with Gasteiger partial charge in [0, 0.05) is 24.8 Å². The first-order valence-corrected chi connectivity index (χ1v) is 14.2. The molecule has 0 unspecified atom stereocenters. The van der Waals surface area contributed by atoms with Crippen LogP contribution in [0.4, 0.5) is 0 Å². The Morgan fingerprint density at radius 1 is 1.07 bits per heavy atom. The smallest absolute Gasteiger partial charge is 0.250 e. The van der Waals surface area contributed by atoms with Crippen LogP contribution in [0.1, 0.15) is 62.5 Å². The summed E-state index contributed by atoms with van der Waals surface area (Å²) in [5.74, 6) is 1.93. The maximum Gasteiger partial charge on any atom is 0.250 e. The summed E-state index contributed by atoms with van der Waals surface area (Å²) in [6, 6.07) is 7.99. The molecule has 0 spiro atoms. The summed E-state index contributed by atoms with van der Waals surface area (Å²) in [5, 5.41) is 15.9. The highest BCUT2D eigenvalue weighted by molar-refractivity contribution is 5.88. The highest BCUT2D eigenvalue weighted by atomic mass is 16.5. The molecule has 1 N–H and O–H groups in total. The van der Waals surface area contributed by atoms with E-state index in [4.69, 9.17) is 18.6 Å². The normalized spacial score (nSPS) is 18.2. The average Bonchev–Trinajstić information content (AvgIpc) is 3.76. The summed E-state index contributed by atoms with van der Waals surface area (Å²) in [5.41, 5.74) is 0.661. The Balaban J connectivity index is 1.40. The molecule has 0 bridgehead atoms. The van der Waals surface area contributed by atoms with Gasteiger partial charge in [0.1, 0.15) is 18.1 Å². The monoisotopic (exact) mass is 566 g/mol. The number of benzene rings is 1. The summed E-state index contributed by atoms with van der Waals surface area (Å²) in [6.45, 7) is 2.49. The number of hydrogen-bond acceptors (Lipinski definition) is 9. The number of aromatic nitrogens is 4. The molecule has 12 nitrogen and oxygen atoms in total. The molecule has 2 amide bonds. The number of carbonyl (C=O) groups excluding carboxylic acids is 2. The largest absolute Gasteiger partial charge is 0.493 e. The van der Waals surface area contributed by atoms with E-state index in [9.17, 15) is 9.59 Å². The fraction of sp³-hybridized carbons (Fsp3) is 0.552. The number of aryl methyl sites for hydroxylation is 1. The van der Waals surface area contributed by atoms with Crippen LogP contribution < -0.4 is 14.8 Å². The van der Waals surface area contributed by atoms with Crippen LogP contribution in [-0.2, 0) is 20.9 Å². The Labute approximate surface area is 239 Å². The van der Waals surface area contributed by atoms with Crippen molar-refractivity contribution in [3.63, 3.8) is 0 Å². The Morgan fingerprint density at radius 3 is 2.56 bits per heavy atom. The van der Waals surface area contributed by atoms with Gasteiger partial charge in [-0.1, -0.05) is 19.3 Å². The van der Waals surface area contributed by atoms with Crippen LogP contribution in [0.3, 0.4) is 0 Å². The maximum absolute atomic E-state index is 13.9. The molecule has 1 saturated heterocycles. The SMILES string of the molecule is COc1ccc(-c2nnn(CC(=O)N(C[C@@H]3CCCO3)[C@@H](C(=O)NC3CCCCC3)c3ccc(C)o3)n2)cc1OC. The van der Waals surface area contributed by atoms with Gasteiger partial charge in [0.2, 0.25) is 11.7 Å². The van der Waals surface area contributed by atoms with Crippen molar-refractivity contribution in [1.82, 2.24) is 30.4 Å². The van der Waals surface area contributed by atoms with Crippen LogP contribution in [0.25, 0.3) is 11.4 Å². The van der Waals surface area contributed by atoms with Gasteiger partial charge in [0.25, 0.3) is 5.91 Å². The van der Waals surface area contributed by atoms with Gasteiger partial charge in [0.15, 0.2) is 17.5 Å². The lowest BCUT2D eigenvalue weighted by molar-refractivity contribution is -0.144. The minimum atomic E-state index is -0.948. The van der Waals surface area contributed by atoms with E-state index >= 15 is 0 Å². The van der Waals surface area contributed by atoms with Crippen molar-refractivity contribution in [2.75, 3.05) is 27.4 Å². The first-order chi connectivity index (χ1) is 19.9. The van der Waals surface area contributed by atoms with Gasteiger partial charge in [-0.05, 0) is 68.2 Å². The molecule has 2 fully saturated rings. The lowest BCUT2D eigenvalue weighted by Crippen LogP contribution is -2.49. The number of nitrogens with zero attached hydrogens (tertiary/aromatic N) is 5. The Bertz CT molecular complexity index is 1330. The summed E-state index contributed by atoms with van der Waals surface area (Å²) in [7, 11) is 3.11. The predicted molar refractivity (Wildman–Crippen MR) is 148 cm³/mol. The minimum Gasteiger partial charge on any atom is -0.493 e. The van der Waals surface area contributed by atoms with E-state index in [1.54, 1.807) is 49.5 Å². The van der Waals surface area contributed by atoms with Crippen LogP contribution in [0, 0.1) is 6.92 Å². The van der Waals surface area contributed by atoms with Gasteiger partial charge in [-0.25, -0.2) is 0 Å². The van der Waals surface area contributed by atoms with Gasteiger partial charge in [0.05, 0.1) is 20.3 Å². The van der Waals surface area contributed by atoms with E-state index in [1.807, 2.05) is 6.92 Å². The molecule has 1 saturated carbocycles. The van der Waals surface area contributed by atoms with Crippen molar-refractivity contribution in [2.45, 2.75) is 76.6 Å². The van der Waals surface area contributed by atoms with Crippen LogP contribution in [-0.4, -0.2) is 76.4 Å². The molecule has 3 heterocycles. The molecule has 2 aromatic heterocycles. The first-order valence-electron chi connectivity index (χ1n) is 14.2. The van der Waals surface area contributed by atoms with Gasteiger partial charge in [-0.3, -0.25) is 9.59 Å². The van der Waals surface area contributed by atoms with Crippen molar-refractivity contribution >= 4 is 11.8 Å². The molecule has 2 aliphatic rings. The van der Waals surface area contributed by atoms with Crippen LogP contribution in [0.5, 0.6) is 11.5 Å². The van der Waals surface area contributed by atoms with E-state index in [0.717, 1.165) is 38.5 Å². The molecular formula is C29H38N6O6. The van der Waals surface area contributed by atoms with Gasteiger partial charge in [-0.15, -0.1) is 10.2 Å². The van der Waals surface area contributed by atoms with E-state index < -0.39 is 6.04 Å². The fourth-order valence-electron chi connectivity index (χ4n) is 5.52. The zero-order valence-corrected chi connectivity index (χ0v) is 23.9. The number of rotatable bonds is 11. The highest BCUT2D eigenvalue weighted by Gasteiger charge is 2.37. The standard InChI is InChI=1S/C29H38N6O6/c1-19-11-13-24(41-19)27(29(37)30-21-8-5-4-6-9-21)34(17-22-10-7-15-40-22)26(36)18-35-32-28(31-33-35)20-12-14-23(38-2)25(16-20)39-3/h11-14,16,21-22,27H,4-10,15,17-18H2,1-3H3,(H,30,37)/t22-,27+/m0/s1. The minimum absolute atomic E-state index is 0.0792. The molecule has 220 valence electrons. The van der Waals surface area contributed by atoms with Gasteiger partial charge in [-0.2, -0.15) is 4.80 Å². The zero-order chi connectivity index (χ0) is 28.8. The van der Waals surface area contributed by atoms with Crippen molar-refractivity contribution < 1.29 is 28.2 Å². The fourth-order valence-corrected chi connectivity index (χ4v) is 5.52. The van der Waals surface area contributed by atoms with Crippen molar-refractivity contribution in [2.24, 2.45) is 0 Å². The molecule has 1 aliphatic carbocycles. The predicted octanol–water partition coefficient (Wildman–Crippen LogP) is 3.46. The summed E-state index contributed by atoms with van der Waals surface area (Å²) >= 11 is 0. The summed E-state index contributed by atoms with van der Waals surface area (Å²) < 4.78 is 22.5. The molecule has 3 aromatic rings. The molecule has 1 aliphatic heterocycles. The third kappa shape index (κ3) is 6.87. The maximum atomic E-state index is 13.9. The number of amides is 2. The number of furan rings is 1. The quantitative estimate of drug-likeness (QED) is 0.370. The Hall–Kier alpha value is -3.93. The van der Waals surface area contributed by atoms with Gasteiger partial charge < -0.3 is 28.8 Å². The number of carbonyl (C=O) groups is 2. The number of methoxy groups -OCH3 is 2. The molecule has 12 heteroatoms. The second kappa shape index (κ2) is 13.2. The van der Waals surface area contributed by atoms with Crippen molar-refractivity contribution in [3.8, 4) is 22.9 Å². The van der Waals surface area contributed by atoms with E-state index in [0.29, 0.717) is 41.0 Å². The third-order valence-corrected chi connectivity index (χ3v) is 7.66. The highest BCUT2D eigenvalue weighted by Crippen LogP contribution is 2.31. The summed E-state index contributed by atoms with van der Waals surface area (Å²) in [4.78, 5) is 30.5. The van der Waals surface area contributed by atoms with Crippen LogP contribution in [0.2, 0.25) is 0 Å². The average molecular weight is 567 g/mol. The summed E-state index contributed by atoms with van der Waals surface area (Å²) in [6.07, 6.45) is 6.73.